The minimum atomic E-state index is -3.56. The van der Waals surface area contributed by atoms with Crippen LogP contribution in [0.4, 0.5) is 5.69 Å². The van der Waals surface area contributed by atoms with Crippen LogP contribution in [0.5, 0.6) is 5.75 Å². The van der Waals surface area contributed by atoms with Crippen LogP contribution in [0, 0.1) is 0 Å². The van der Waals surface area contributed by atoms with Crippen LogP contribution in [0.2, 0.25) is 0 Å². The van der Waals surface area contributed by atoms with Crippen molar-refractivity contribution in [3.05, 3.63) is 54.1 Å². The number of nitrogens with one attached hydrogen (secondary N) is 1. The number of ether oxygens (including phenoxy) is 1. The second kappa shape index (κ2) is 9.40. The third-order valence-corrected chi connectivity index (χ3v) is 7.11. The third-order valence-electron chi connectivity index (χ3n) is 5.14. The van der Waals surface area contributed by atoms with Gasteiger partial charge >= 0.3 is 5.97 Å². The normalized spacial score (nSPS) is 17.3. The Kier molecular flexibility index (Phi) is 6.89. The highest BCUT2D eigenvalue weighted by atomic mass is 32.2. The molecule has 30 heavy (non-hydrogen) atoms. The van der Waals surface area contributed by atoms with Gasteiger partial charge in [-0.15, -0.1) is 0 Å². The zero-order chi connectivity index (χ0) is 21.7. The molecule has 1 amide bonds. The van der Waals surface area contributed by atoms with E-state index in [-0.39, 0.29) is 16.8 Å². The minimum Gasteiger partial charge on any atom is -0.427 e. The molecule has 1 unspecified atom stereocenters. The largest absolute Gasteiger partial charge is 0.427 e. The van der Waals surface area contributed by atoms with Gasteiger partial charge in [-0.3, -0.25) is 9.59 Å². The Morgan fingerprint density at radius 2 is 1.73 bits per heavy atom. The highest BCUT2D eigenvalue weighted by Crippen LogP contribution is 2.27. The number of hydrogen-bond acceptors (Lipinski definition) is 5. The number of anilines is 1. The first-order chi connectivity index (χ1) is 14.3. The molecule has 1 heterocycles. The molecule has 0 bridgehead atoms. The van der Waals surface area contributed by atoms with Crippen molar-refractivity contribution in [2.45, 2.75) is 50.5 Å². The predicted octanol–water partition coefficient (Wildman–Crippen LogP) is 3.82. The van der Waals surface area contributed by atoms with Crippen LogP contribution in [0.25, 0.3) is 0 Å². The molecule has 0 aromatic heterocycles. The Bertz CT molecular complexity index is 1000. The smallest absolute Gasteiger partial charge is 0.308 e. The number of rotatable bonds is 6. The number of carbonyl (C=O) groups excluding carboxylic acids is 2. The summed E-state index contributed by atoms with van der Waals surface area (Å²) < 4.78 is 32.6. The topological polar surface area (TPSA) is 92.8 Å². The fraction of sp³-hybridized carbons (Fsp3) is 0.364. The number of sulfonamides is 1. The molecule has 8 heteroatoms. The van der Waals surface area contributed by atoms with E-state index in [1.807, 2.05) is 6.92 Å². The van der Waals surface area contributed by atoms with Crippen LogP contribution < -0.4 is 10.1 Å². The van der Waals surface area contributed by atoms with E-state index in [2.05, 4.69) is 5.32 Å². The summed E-state index contributed by atoms with van der Waals surface area (Å²) in [6, 6.07) is 12.4. The highest BCUT2D eigenvalue weighted by Gasteiger charge is 2.32. The predicted molar refractivity (Wildman–Crippen MR) is 114 cm³/mol. The number of amides is 1. The molecule has 1 fully saturated rings. The molecule has 1 atom stereocenters. The Morgan fingerprint density at radius 1 is 1.07 bits per heavy atom. The summed E-state index contributed by atoms with van der Waals surface area (Å²) in [5.41, 5.74) is 0.885. The van der Waals surface area contributed by atoms with Gasteiger partial charge in [-0.1, -0.05) is 13.3 Å². The lowest BCUT2D eigenvalue weighted by Gasteiger charge is -2.34. The lowest BCUT2D eigenvalue weighted by molar-refractivity contribution is -0.131. The average Bonchev–Trinajstić information content (AvgIpc) is 2.74. The van der Waals surface area contributed by atoms with Crippen molar-refractivity contribution < 1.29 is 22.7 Å². The molecule has 1 N–H and O–H groups in total. The van der Waals surface area contributed by atoms with E-state index >= 15 is 0 Å². The summed E-state index contributed by atoms with van der Waals surface area (Å²) >= 11 is 0. The lowest BCUT2D eigenvalue weighted by atomic mass is 10.0. The molecule has 0 aliphatic carbocycles. The summed E-state index contributed by atoms with van der Waals surface area (Å²) in [4.78, 5) is 23.6. The number of hydrogen-bond donors (Lipinski definition) is 1. The lowest BCUT2D eigenvalue weighted by Crippen LogP contribution is -2.43. The molecule has 2 aromatic rings. The summed E-state index contributed by atoms with van der Waals surface area (Å²) in [7, 11) is -3.56. The van der Waals surface area contributed by atoms with E-state index in [4.69, 9.17) is 4.74 Å². The van der Waals surface area contributed by atoms with Crippen molar-refractivity contribution in [3.63, 3.8) is 0 Å². The molecule has 0 radical (unpaired) electrons. The van der Waals surface area contributed by atoms with Crippen molar-refractivity contribution in [1.29, 1.82) is 0 Å². The second-order valence-corrected chi connectivity index (χ2v) is 9.16. The number of esters is 1. The average molecular weight is 431 g/mol. The maximum Gasteiger partial charge on any atom is 0.308 e. The number of carbonyl (C=O) groups is 2. The van der Waals surface area contributed by atoms with Gasteiger partial charge in [-0.25, -0.2) is 8.42 Å². The van der Waals surface area contributed by atoms with Crippen molar-refractivity contribution in [2.24, 2.45) is 0 Å². The van der Waals surface area contributed by atoms with E-state index in [0.717, 1.165) is 25.7 Å². The minimum absolute atomic E-state index is 0.0399. The Labute approximate surface area is 177 Å². The number of benzene rings is 2. The van der Waals surface area contributed by atoms with Crippen molar-refractivity contribution in [3.8, 4) is 5.75 Å². The van der Waals surface area contributed by atoms with Gasteiger partial charge in [0, 0.05) is 30.8 Å². The SMILES string of the molecule is CCC1CCCCN1S(=O)(=O)c1ccc(NC(=O)c2ccc(OC(C)=O)cc2)cc1. The molecule has 0 spiro atoms. The summed E-state index contributed by atoms with van der Waals surface area (Å²) in [5, 5.41) is 2.74. The monoisotopic (exact) mass is 430 g/mol. The molecular formula is C22H26N2O5S. The van der Waals surface area contributed by atoms with E-state index in [1.165, 1.54) is 31.2 Å². The van der Waals surface area contributed by atoms with Gasteiger partial charge in [0.25, 0.3) is 5.91 Å². The molecule has 3 rings (SSSR count). The van der Waals surface area contributed by atoms with Gasteiger partial charge in [0.05, 0.1) is 4.90 Å². The molecule has 160 valence electrons. The van der Waals surface area contributed by atoms with Gasteiger partial charge in [0.15, 0.2) is 0 Å². The fourth-order valence-electron chi connectivity index (χ4n) is 3.59. The molecule has 1 aliphatic rings. The Balaban J connectivity index is 1.69. The van der Waals surface area contributed by atoms with Crippen LogP contribution in [-0.2, 0) is 14.8 Å². The van der Waals surface area contributed by atoms with E-state index in [9.17, 15) is 18.0 Å². The standard InChI is InChI=1S/C22H26N2O5S/c1-3-19-6-4-5-15-24(19)30(27,28)21-13-9-18(10-14-21)23-22(26)17-7-11-20(12-8-17)29-16(2)25/h7-14,19H,3-6,15H2,1-2H3,(H,23,26). The zero-order valence-electron chi connectivity index (χ0n) is 17.1. The van der Waals surface area contributed by atoms with E-state index in [1.54, 1.807) is 28.6 Å². The highest BCUT2D eigenvalue weighted by molar-refractivity contribution is 7.89. The van der Waals surface area contributed by atoms with Crippen molar-refractivity contribution in [1.82, 2.24) is 4.31 Å². The van der Waals surface area contributed by atoms with Crippen LogP contribution in [-0.4, -0.2) is 37.2 Å². The molecule has 0 saturated carbocycles. The Hall–Kier alpha value is -2.71. The second-order valence-electron chi connectivity index (χ2n) is 7.27. The molecule has 1 aliphatic heterocycles. The maximum absolute atomic E-state index is 13.0. The first kappa shape index (κ1) is 22.0. The fourth-order valence-corrected chi connectivity index (χ4v) is 5.35. The summed E-state index contributed by atoms with van der Waals surface area (Å²) in [6.07, 6.45) is 3.61. The zero-order valence-corrected chi connectivity index (χ0v) is 17.9. The van der Waals surface area contributed by atoms with Crippen LogP contribution in [0.1, 0.15) is 49.9 Å². The first-order valence-corrected chi connectivity index (χ1v) is 11.5. The van der Waals surface area contributed by atoms with Gasteiger partial charge in [-0.2, -0.15) is 4.31 Å². The van der Waals surface area contributed by atoms with Crippen molar-refractivity contribution in [2.75, 3.05) is 11.9 Å². The van der Waals surface area contributed by atoms with Gasteiger partial charge in [0.2, 0.25) is 10.0 Å². The van der Waals surface area contributed by atoms with Gasteiger partial charge < -0.3 is 10.1 Å². The van der Waals surface area contributed by atoms with E-state index < -0.39 is 16.0 Å². The quantitative estimate of drug-likeness (QED) is 0.556. The number of piperidine rings is 1. The van der Waals surface area contributed by atoms with Gasteiger partial charge in [-0.05, 0) is 67.8 Å². The number of nitrogens with zero attached hydrogens (tertiary/aromatic N) is 1. The van der Waals surface area contributed by atoms with E-state index in [0.29, 0.717) is 23.5 Å². The first-order valence-electron chi connectivity index (χ1n) is 10.0. The third kappa shape index (κ3) is 5.06. The molecule has 7 nitrogen and oxygen atoms in total. The summed E-state index contributed by atoms with van der Waals surface area (Å²) in [5.74, 6) is -0.421. The van der Waals surface area contributed by atoms with Crippen LogP contribution in [0.15, 0.2) is 53.4 Å². The Morgan fingerprint density at radius 3 is 2.33 bits per heavy atom. The summed E-state index contributed by atoms with van der Waals surface area (Å²) in [6.45, 7) is 3.86. The molecule has 1 saturated heterocycles. The van der Waals surface area contributed by atoms with Gasteiger partial charge in [0.1, 0.15) is 5.75 Å². The maximum atomic E-state index is 13.0. The van der Waals surface area contributed by atoms with Crippen molar-refractivity contribution >= 4 is 27.6 Å². The van der Waals surface area contributed by atoms with Crippen LogP contribution in [0.3, 0.4) is 0 Å². The van der Waals surface area contributed by atoms with Crippen LogP contribution >= 0.6 is 0 Å². The molecule has 2 aromatic carbocycles. The molecular weight excluding hydrogens is 404 g/mol.